The maximum Gasteiger partial charge on any atom is 0.313 e. The number of aryl methyl sites for hydroxylation is 1. The highest BCUT2D eigenvalue weighted by Crippen LogP contribution is 2.42. The van der Waals surface area contributed by atoms with Crippen LogP contribution in [0.25, 0.3) is 0 Å². The summed E-state index contributed by atoms with van der Waals surface area (Å²) in [5, 5.41) is 10.3. The molecular formula is C21H24ClN3O3S. The monoisotopic (exact) mass is 433 g/mol. The van der Waals surface area contributed by atoms with E-state index in [0.29, 0.717) is 17.3 Å². The normalized spacial score (nSPS) is 15.0. The average molecular weight is 434 g/mol. The lowest BCUT2D eigenvalue weighted by molar-refractivity contribution is -0.136. The number of hydrogen-bond acceptors (Lipinski definition) is 4. The van der Waals surface area contributed by atoms with E-state index in [4.69, 9.17) is 11.6 Å². The molecule has 1 aliphatic rings. The van der Waals surface area contributed by atoms with Gasteiger partial charge in [0.15, 0.2) is 0 Å². The first-order valence-electron chi connectivity index (χ1n) is 9.56. The van der Waals surface area contributed by atoms with E-state index in [-0.39, 0.29) is 17.9 Å². The molecule has 0 aliphatic heterocycles. The second kappa shape index (κ2) is 9.41. The molecule has 0 radical (unpaired) electrons. The first-order chi connectivity index (χ1) is 13.9. The van der Waals surface area contributed by atoms with Gasteiger partial charge in [-0.25, -0.2) is 0 Å². The summed E-state index contributed by atoms with van der Waals surface area (Å²) in [4.78, 5) is 37.5. The molecule has 1 aliphatic carbocycles. The van der Waals surface area contributed by atoms with Gasteiger partial charge in [0.2, 0.25) is 5.91 Å². The zero-order valence-electron chi connectivity index (χ0n) is 16.2. The first kappa shape index (κ1) is 21.3. The van der Waals surface area contributed by atoms with Gasteiger partial charge in [-0.15, -0.1) is 11.3 Å². The van der Waals surface area contributed by atoms with Crippen molar-refractivity contribution in [3.05, 3.63) is 51.2 Å². The van der Waals surface area contributed by atoms with Gasteiger partial charge in [0.25, 0.3) is 0 Å². The van der Waals surface area contributed by atoms with Crippen LogP contribution < -0.4 is 16.0 Å². The molecule has 0 atom stereocenters. The maximum absolute atomic E-state index is 12.2. The van der Waals surface area contributed by atoms with Crippen molar-refractivity contribution in [1.29, 1.82) is 0 Å². The zero-order valence-corrected chi connectivity index (χ0v) is 17.8. The number of carbonyl (C=O) groups excluding carboxylic acids is 3. The Hall–Kier alpha value is -2.38. The standard InChI is InChI=1S/C21H24ClN3O3S/c1-14-6-7-15(11-16(14)22)25-20(28)19(27)23-12-18(26)24-13-21(8-2-3-9-21)17-5-4-10-29-17/h4-7,10-11H,2-3,8-9,12-13H2,1H3,(H,23,27)(H,24,26)(H,25,28). The highest BCUT2D eigenvalue weighted by molar-refractivity contribution is 7.10. The molecule has 8 heteroatoms. The molecule has 2 aromatic rings. The van der Waals surface area contributed by atoms with Crippen LogP contribution >= 0.6 is 22.9 Å². The Morgan fingerprint density at radius 3 is 2.52 bits per heavy atom. The predicted octanol–water partition coefficient (Wildman–Crippen LogP) is 3.39. The Labute approximate surface area is 179 Å². The molecule has 29 heavy (non-hydrogen) atoms. The average Bonchev–Trinajstić information content (AvgIpc) is 3.40. The van der Waals surface area contributed by atoms with Crippen LogP contribution in [-0.2, 0) is 19.8 Å². The third-order valence-electron chi connectivity index (χ3n) is 5.27. The molecular weight excluding hydrogens is 410 g/mol. The van der Waals surface area contributed by atoms with Gasteiger partial charge in [-0.1, -0.05) is 36.6 Å². The van der Waals surface area contributed by atoms with Crippen molar-refractivity contribution in [2.45, 2.75) is 38.0 Å². The Kier molecular flexibility index (Phi) is 6.92. The van der Waals surface area contributed by atoms with Gasteiger partial charge in [-0.05, 0) is 48.9 Å². The van der Waals surface area contributed by atoms with Crippen LogP contribution in [0.2, 0.25) is 5.02 Å². The molecule has 1 aromatic heterocycles. The predicted molar refractivity (Wildman–Crippen MR) is 115 cm³/mol. The smallest absolute Gasteiger partial charge is 0.313 e. The van der Waals surface area contributed by atoms with Crippen LogP contribution in [0.3, 0.4) is 0 Å². The Morgan fingerprint density at radius 2 is 1.86 bits per heavy atom. The first-order valence-corrected chi connectivity index (χ1v) is 10.8. The Bertz CT molecular complexity index is 893. The van der Waals surface area contributed by atoms with Crippen LogP contribution in [0.1, 0.15) is 36.1 Å². The number of rotatable bonds is 6. The van der Waals surface area contributed by atoms with Crippen molar-refractivity contribution in [1.82, 2.24) is 10.6 Å². The van der Waals surface area contributed by atoms with Gasteiger partial charge in [-0.3, -0.25) is 14.4 Å². The number of thiophene rings is 1. The van der Waals surface area contributed by atoms with E-state index in [9.17, 15) is 14.4 Å². The van der Waals surface area contributed by atoms with E-state index in [0.717, 1.165) is 31.2 Å². The molecule has 0 bridgehead atoms. The summed E-state index contributed by atoms with van der Waals surface area (Å²) in [6.45, 7) is 2.13. The van der Waals surface area contributed by atoms with Crippen LogP contribution in [0.15, 0.2) is 35.7 Å². The van der Waals surface area contributed by atoms with E-state index >= 15 is 0 Å². The molecule has 154 valence electrons. The van der Waals surface area contributed by atoms with Gasteiger partial charge in [-0.2, -0.15) is 0 Å². The lowest BCUT2D eigenvalue weighted by Gasteiger charge is -2.28. The van der Waals surface area contributed by atoms with Crippen molar-refractivity contribution in [2.24, 2.45) is 0 Å². The van der Waals surface area contributed by atoms with Crippen LogP contribution in [-0.4, -0.2) is 30.8 Å². The van der Waals surface area contributed by atoms with E-state index in [1.54, 1.807) is 29.5 Å². The summed E-state index contributed by atoms with van der Waals surface area (Å²) in [6, 6.07) is 9.12. The quantitative estimate of drug-likeness (QED) is 0.610. The molecule has 1 fully saturated rings. The summed E-state index contributed by atoms with van der Waals surface area (Å²) < 4.78 is 0. The van der Waals surface area contributed by atoms with Crippen molar-refractivity contribution in [3.8, 4) is 0 Å². The fourth-order valence-corrected chi connectivity index (χ4v) is 4.74. The molecule has 1 saturated carbocycles. The van der Waals surface area contributed by atoms with Gasteiger partial charge in [0.1, 0.15) is 0 Å². The topological polar surface area (TPSA) is 87.3 Å². The number of amides is 3. The lowest BCUT2D eigenvalue weighted by Crippen LogP contribution is -2.45. The number of nitrogens with one attached hydrogen (secondary N) is 3. The molecule has 0 saturated heterocycles. The minimum Gasteiger partial charge on any atom is -0.354 e. The molecule has 3 rings (SSSR count). The highest BCUT2D eigenvalue weighted by atomic mass is 35.5. The van der Waals surface area contributed by atoms with Crippen LogP contribution in [0.4, 0.5) is 5.69 Å². The number of halogens is 1. The minimum atomic E-state index is -0.870. The largest absolute Gasteiger partial charge is 0.354 e. The zero-order chi connectivity index (χ0) is 20.9. The Balaban J connectivity index is 1.46. The van der Waals surface area contributed by atoms with Crippen LogP contribution in [0, 0.1) is 6.92 Å². The summed E-state index contributed by atoms with van der Waals surface area (Å²) in [5.74, 6) is -2.03. The summed E-state index contributed by atoms with van der Waals surface area (Å²) in [6.07, 6.45) is 4.38. The molecule has 1 aromatic carbocycles. The fraction of sp³-hybridized carbons (Fsp3) is 0.381. The molecule has 0 unspecified atom stereocenters. The van der Waals surface area contributed by atoms with Crippen molar-refractivity contribution >= 4 is 46.3 Å². The number of benzene rings is 1. The summed E-state index contributed by atoms with van der Waals surface area (Å²) in [5.41, 5.74) is 1.27. The van der Waals surface area contributed by atoms with E-state index in [1.165, 1.54) is 4.88 Å². The molecule has 3 N–H and O–H groups in total. The third kappa shape index (κ3) is 5.36. The number of hydrogen-bond donors (Lipinski definition) is 3. The second-order valence-electron chi connectivity index (χ2n) is 7.34. The molecule has 1 heterocycles. The van der Waals surface area contributed by atoms with Gasteiger partial charge in [0, 0.05) is 27.5 Å². The second-order valence-corrected chi connectivity index (χ2v) is 8.70. The third-order valence-corrected chi connectivity index (χ3v) is 6.80. The summed E-state index contributed by atoms with van der Waals surface area (Å²) >= 11 is 7.72. The number of carbonyl (C=O) groups is 3. The van der Waals surface area contributed by atoms with Crippen molar-refractivity contribution in [3.63, 3.8) is 0 Å². The molecule has 3 amide bonds. The SMILES string of the molecule is Cc1ccc(NC(=O)C(=O)NCC(=O)NCC2(c3cccs3)CCCC2)cc1Cl. The van der Waals surface area contributed by atoms with Crippen molar-refractivity contribution in [2.75, 3.05) is 18.4 Å². The number of anilines is 1. The minimum absolute atomic E-state index is 0.0179. The van der Waals surface area contributed by atoms with Gasteiger partial charge >= 0.3 is 11.8 Å². The van der Waals surface area contributed by atoms with E-state index < -0.39 is 11.8 Å². The molecule has 6 nitrogen and oxygen atoms in total. The van der Waals surface area contributed by atoms with E-state index in [1.807, 2.05) is 13.0 Å². The Morgan fingerprint density at radius 1 is 1.10 bits per heavy atom. The summed E-state index contributed by atoms with van der Waals surface area (Å²) in [7, 11) is 0. The maximum atomic E-state index is 12.2. The molecule has 0 spiro atoms. The fourth-order valence-electron chi connectivity index (χ4n) is 3.57. The lowest BCUT2D eigenvalue weighted by atomic mass is 9.84. The van der Waals surface area contributed by atoms with Crippen LogP contribution in [0.5, 0.6) is 0 Å². The van der Waals surface area contributed by atoms with E-state index in [2.05, 4.69) is 27.4 Å². The van der Waals surface area contributed by atoms with Gasteiger partial charge in [0.05, 0.1) is 6.54 Å². The van der Waals surface area contributed by atoms with Crippen molar-refractivity contribution < 1.29 is 14.4 Å². The van der Waals surface area contributed by atoms with Gasteiger partial charge < -0.3 is 16.0 Å². The highest BCUT2D eigenvalue weighted by Gasteiger charge is 2.36.